The molecule has 8 nitrogen and oxygen atoms in total. The molecule has 3 N–H and O–H groups in total. The van der Waals surface area contributed by atoms with Gasteiger partial charge in [0, 0.05) is 34.0 Å². The lowest BCUT2D eigenvalue weighted by atomic mass is 9.90. The molecular weight excluding hydrogens is 596 g/mol. The molecule has 1 heterocycles. The smallest absolute Gasteiger partial charge is 0.330 e. The van der Waals surface area contributed by atoms with Crippen molar-refractivity contribution in [2.24, 2.45) is 0 Å². The third-order valence-electron chi connectivity index (χ3n) is 6.62. The van der Waals surface area contributed by atoms with Crippen molar-refractivity contribution in [1.82, 2.24) is 10.0 Å². The molecule has 1 aliphatic rings. The highest BCUT2D eigenvalue weighted by atomic mass is 35.5. The molecule has 0 saturated heterocycles. The molecule has 0 amide bonds. The second kappa shape index (κ2) is 13.1. The molecule has 226 valence electrons. The van der Waals surface area contributed by atoms with Gasteiger partial charge in [-0.1, -0.05) is 74.5 Å². The number of hydrogen-bond acceptors (Lipinski definition) is 7. The molecule has 1 saturated carbocycles. The highest BCUT2D eigenvalue weighted by molar-refractivity contribution is 7.91. The molecule has 0 radical (unpaired) electrons. The van der Waals surface area contributed by atoms with E-state index < -0.39 is 32.5 Å². The molecule has 2 atom stereocenters. The van der Waals surface area contributed by atoms with Gasteiger partial charge in [0.2, 0.25) is 0 Å². The van der Waals surface area contributed by atoms with Crippen molar-refractivity contribution in [1.29, 1.82) is 0 Å². The first-order valence-corrected chi connectivity index (χ1v) is 16.0. The van der Waals surface area contributed by atoms with Crippen LogP contribution in [-0.4, -0.2) is 49.2 Å². The minimum atomic E-state index is -4.08. The molecule has 0 aliphatic heterocycles. The maximum absolute atomic E-state index is 13.3. The lowest BCUT2D eigenvalue weighted by Gasteiger charge is -2.25. The zero-order valence-corrected chi connectivity index (χ0v) is 26.7. The van der Waals surface area contributed by atoms with Gasteiger partial charge in [-0.25, -0.2) is 13.2 Å². The van der Waals surface area contributed by atoms with E-state index in [9.17, 15) is 23.1 Å². The van der Waals surface area contributed by atoms with Crippen molar-refractivity contribution in [2.75, 3.05) is 6.54 Å². The minimum absolute atomic E-state index is 0.0683. The van der Waals surface area contributed by atoms with Crippen LogP contribution in [0.3, 0.4) is 0 Å². The first kappa shape index (κ1) is 33.5. The molecule has 0 spiro atoms. The third kappa shape index (κ3) is 7.87. The van der Waals surface area contributed by atoms with E-state index in [1.807, 2.05) is 77.1 Å². The molecule has 2 unspecified atom stereocenters. The number of benzene rings is 2. The lowest BCUT2D eigenvalue weighted by Crippen LogP contribution is -2.51. The van der Waals surface area contributed by atoms with Crippen molar-refractivity contribution in [3.8, 4) is 10.4 Å². The number of carboxylic acid groups (broad SMARTS) is 1. The van der Waals surface area contributed by atoms with Gasteiger partial charge in [0.1, 0.15) is 15.3 Å². The van der Waals surface area contributed by atoms with Crippen molar-refractivity contribution < 1.29 is 27.9 Å². The summed E-state index contributed by atoms with van der Waals surface area (Å²) in [5, 5.41) is 14.1. The summed E-state index contributed by atoms with van der Waals surface area (Å²) in [6.45, 7) is 13.0. The zero-order chi connectivity index (χ0) is 31.3. The van der Waals surface area contributed by atoms with Gasteiger partial charge in [0.15, 0.2) is 0 Å². The van der Waals surface area contributed by atoms with E-state index in [0.717, 1.165) is 33.4 Å². The summed E-state index contributed by atoms with van der Waals surface area (Å²) in [7, 11) is -4.08. The molecule has 2 aromatic carbocycles. The Balaban J connectivity index is 0.000000467. The first-order chi connectivity index (χ1) is 19.5. The van der Waals surface area contributed by atoms with E-state index in [-0.39, 0.29) is 22.6 Å². The van der Waals surface area contributed by atoms with E-state index in [2.05, 4.69) is 16.6 Å². The fourth-order valence-electron chi connectivity index (χ4n) is 4.52. The third-order valence-corrected chi connectivity index (χ3v) is 9.99. The van der Waals surface area contributed by atoms with Gasteiger partial charge in [-0.15, -0.1) is 11.3 Å². The summed E-state index contributed by atoms with van der Waals surface area (Å²) in [6.07, 6.45) is 1.32. The van der Waals surface area contributed by atoms with Gasteiger partial charge >= 0.3 is 11.9 Å². The lowest BCUT2D eigenvalue weighted by molar-refractivity contribution is -0.148. The van der Waals surface area contributed by atoms with Crippen LogP contribution in [0.4, 0.5) is 0 Å². The number of aliphatic carboxylic acids is 1. The monoisotopic (exact) mass is 632 g/mol. The van der Waals surface area contributed by atoms with E-state index in [4.69, 9.17) is 16.3 Å². The van der Waals surface area contributed by atoms with Crippen molar-refractivity contribution in [3.63, 3.8) is 0 Å². The van der Waals surface area contributed by atoms with Crippen LogP contribution in [0.2, 0.25) is 5.02 Å². The molecule has 1 aliphatic carbocycles. The topological polar surface area (TPSA) is 122 Å². The van der Waals surface area contributed by atoms with Crippen LogP contribution < -0.4 is 10.0 Å². The van der Waals surface area contributed by atoms with Crippen LogP contribution in [0.15, 0.2) is 83.6 Å². The van der Waals surface area contributed by atoms with Crippen molar-refractivity contribution in [2.45, 2.75) is 67.8 Å². The quantitative estimate of drug-likeness (QED) is 0.184. The van der Waals surface area contributed by atoms with Crippen molar-refractivity contribution >= 4 is 44.9 Å². The number of sulfonamides is 1. The number of thiophene rings is 1. The summed E-state index contributed by atoms with van der Waals surface area (Å²) < 4.78 is 34.2. The average molecular weight is 633 g/mol. The molecule has 42 heavy (non-hydrogen) atoms. The number of halogens is 1. The number of nitrogens with one attached hydrogen (secondary N) is 2. The number of ether oxygens (including phenoxy) is 1. The number of carbonyl (C=O) groups excluding carboxylic acids is 1. The summed E-state index contributed by atoms with van der Waals surface area (Å²) in [6, 6.07) is 19.7. The number of esters is 1. The maximum Gasteiger partial charge on any atom is 0.330 e. The van der Waals surface area contributed by atoms with Gasteiger partial charge in [-0.2, -0.15) is 4.72 Å². The maximum atomic E-state index is 13.3. The minimum Gasteiger partial charge on any atom is -0.480 e. The van der Waals surface area contributed by atoms with Gasteiger partial charge in [-0.3, -0.25) is 4.79 Å². The van der Waals surface area contributed by atoms with Crippen LogP contribution in [0.25, 0.3) is 10.4 Å². The standard InChI is InChI=1S/C24H25ClN2O4S2.C7H12O2/c1-16(2)26-15-23(18-6-4-3-5-7-18)14-24(23,22(28)29)27-33(30,31)21-13-12-20(32-21)17-8-10-19(25)11-9-17;1-5-6(8)9-7(2,3)4/h3-13,16,26-27H,14-15H2,1-2H3,(H,28,29);5H,1H2,2-4H3. The molecular formula is C31H37ClN2O6S2. The fraction of sp³-hybridized carbons (Fsp3) is 0.355. The van der Waals surface area contributed by atoms with E-state index in [1.165, 1.54) is 6.07 Å². The number of rotatable bonds is 10. The number of carbonyl (C=O) groups is 2. The van der Waals surface area contributed by atoms with Gasteiger partial charge in [0.05, 0.1) is 0 Å². The van der Waals surface area contributed by atoms with E-state index in [0.29, 0.717) is 11.6 Å². The summed E-state index contributed by atoms with van der Waals surface area (Å²) in [4.78, 5) is 23.8. The molecule has 1 aromatic heterocycles. The average Bonchev–Trinajstić information content (AvgIpc) is 3.28. The second-order valence-electron chi connectivity index (χ2n) is 11.3. The molecule has 1 fully saturated rings. The fourth-order valence-corrected chi connectivity index (χ4v) is 7.39. The Labute approximate surface area is 256 Å². The summed E-state index contributed by atoms with van der Waals surface area (Å²) in [5.41, 5.74) is -1.31. The molecule has 11 heteroatoms. The Kier molecular flexibility index (Phi) is 10.4. The predicted molar refractivity (Wildman–Crippen MR) is 167 cm³/mol. The van der Waals surface area contributed by atoms with Gasteiger partial charge < -0.3 is 15.2 Å². The van der Waals surface area contributed by atoms with Crippen molar-refractivity contribution in [3.05, 3.63) is 90.0 Å². The van der Waals surface area contributed by atoms with Gasteiger partial charge in [0.25, 0.3) is 10.0 Å². The summed E-state index contributed by atoms with van der Waals surface area (Å²) >= 11 is 7.04. The van der Waals surface area contributed by atoms with Crippen LogP contribution in [0.1, 0.15) is 46.6 Å². The molecule has 0 bridgehead atoms. The largest absolute Gasteiger partial charge is 0.480 e. The van der Waals surface area contributed by atoms with E-state index in [1.54, 1.807) is 18.2 Å². The first-order valence-electron chi connectivity index (χ1n) is 13.3. The Hall–Kier alpha value is -3.02. The SMILES string of the molecule is C=CC(=O)OC(C)(C)C.CC(C)NCC1(c2ccccc2)CC1(NS(=O)(=O)c1ccc(-c2ccc(Cl)cc2)s1)C(=O)O. The predicted octanol–water partition coefficient (Wildman–Crippen LogP) is 6.02. The summed E-state index contributed by atoms with van der Waals surface area (Å²) in [5.74, 6) is -1.56. The zero-order valence-electron chi connectivity index (χ0n) is 24.3. The Morgan fingerprint density at radius 2 is 1.71 bits per heavy atom. The highest BCUT2D eigenvalue weighted by Gasteiger charge is 2.74. The number of carboxylic acids is 1. The molecule has 3 aromatic rings. The Bertz CT molecular complexity index is 1510. The van der Waals surface area contributed by atoms with Crippen LogP contribution in [0.5, 0.6) is 0 Å². The Morgan fingerprint density at radius 3 is 2.21 bits per heavy atom. The van der Waals surface area contributed by atoms with Gasteiger partial charge in [-0.05, 0) is 62.6 Å². The van der Waals surface area contributed by atoms with Crippen LogP contribution in [0, 0.1) is 0 Å². The van der Waals surface area contributed by atoms with Crippen LogP contribution in [-0.2, 0) is 29.8 Å². The highest BCUT2D eigenvalue weighted by Crippen LogP contribution is 2.58. The Morgan fingerprint density at radius 1 is 1.10 bits per heavy atom. The number of hydrogen-bond donors (Lipinski definition) is 3. The van der Waals surface area contributed by atoms with E-state index >= 15 is 0 Å². The van der Waals surface area contributed by atoms with Crippen LogP contribution >= 0.6 is 22.9 Å². The normalized spacial score (nSPS) is 19.9. The molecule has 4 rings (SSSR count). The second-order valence-corrected chi connectivity index (χ2v) is 14.8.